The average Bonchev–Trinajstić information content (AvgIpc) is 2.99. The van der Waals surface area contributed by atoms with Crippen LogP contribution in [0.1, 0.15) is 66.4 Å². The molecule has 2 unspecified atom stereocenters. The molecule has 2 heterocycles. The lowest BCUT2D eigenvalue weighted by molar-refractivity contribution is -0.141. The van der Waals surface area contributed by atoms with Crippen LogP contribution in [-0.4, -0.2) is 84.5 Å². The van der Waals surface area contributed by atoms with E-state index >= 15 is 0 Å². The second-order valence-electron chi connectivity index (χ2n) is 13.1. The molecule has 6 nitrogen and oxygen atoms in total. The first-order chi connectivity index (χ1) is 20.2. The summed E-state index contributed by atoms with van der Waals surface area (Å²) in [5.74, 6) is 1.83. The maximum absolute atomic E-state index is 14.2. The molecule has 0 aliphatic carbocycles. The minimum atomic E-state index is -0.0501. The number of carbonyl (C=O) groups excluding carboxylic acids is 1. The van der Waals surface area contributed by atoms with E-state index < -0.39 is 0 Å². The Kier molecular flexibility index (Phi) is 11.9. The molecule has 42 heavy (non-hydrogen) atoms. The molecular formula is C36H54N4O2. The van der Waals surface area contributed by atoms with Crippen LogP contribution in [0.2, 0.25) is 0 Å². The Balaban J connectivity index is 1.47. The van der Waals surface area contributed by atoms with Crippen LogP contribution in [0.15, 0.2) is 66.2 Å². The zero-order valence-corrected chi connectivity index (χ0v) is 27.0. The summed E-state index contributed by atoms with van der Waals surface area (Å²) >= 11 is 0. The van der Waals surface area contributed by atoms with Gasteiger partial charge in [-0.1, -0.05) is 55.8 Å². The number of piperidine rings is 1. The van der Waals surface area contributed by atoms with Gasteiger partial charge >= 0.3 is 0 Å². The minimum Gasteiger partial charge on any atom is -0.489 e. The first-order valence-electron chi connectivity index (χ1n) is 16.1. The van der Waals surface area contributed by atoms with Crippen LogP contribution in [0.4, 0.5) is 5.69 Å². The van der Waals surface area contributed by atoms with E-state index in [1.54, 1.807) is 0 Å². The normalized spacial score (nSPS) is 20.1. The van der Waals surface area contributed by atoms with Crippen LogP contribution in [0.25, 0.3) is 0 Å². The Labute approximate surface area is 255 Å². The Morgan fingerprint density at radius 3 is 2.38 bits per heavy atom. The van der Waals surface area contributed by atoms with Crippen molar-refractivity contribution in [2.45, 2.75) is 85.5 Å². The highest BCUT2D eigenvalue weighted by Gasteiger charge is 2.37. The van der Waals surface area contributed by atoms with Crippen LogP contribution in [0.3, 0.4) is 0 Å². The van der Waals surface area contributed by atoms with Gasteiger partial charge in [-0.2, -0.15) is 0 Å². The summed E-state index contributed by atoms with van der Waals surface area (Å²) in [6.07, 6.45) is 5.56. The number of likely N-dealkylation sites (tertiary alicyclic amines) is 1. The van der Waals surface area contributed by atoms with Crippen LogP contribution >= 0.6 is 0 Å². The molecule has 2 saturated heterocycles. The summed E-state index contributed by atoms with van der Waals surface area (Å²) in [4.78, 5) is 23.8. The predicted octanol–water partition coefficient (Wildman–Crippen LogP) is 6.47. The largest absolute Gasteiger partial charge is 0.489 e. The SMILES string of the molecule is CC(C)=CCN(c1ccc(OCc2ccccc2)cc1)C1CCCN(C(=O)C2CN(C(C)C)CCN2CCC(C)C)C1. The van der Waals surface area contributed by atoms with Gasteiger partial charge in [0.25, 0.3) is 0 Å². The summed E-state index contributed by atoms with van der Waals surface area (Å²) in [7, 11) is 0. The maximum Gasteiger partial charge on any atom is 0.241 e. The Morgan fingerprint density at radius 1 is 0.976 bits per heavy atom. The first-order valence-corrected chi connectivity index (χ1v) is 16.1. The van der Waals surface area contributed by atoms with Crippen molar-refractivity contribution >= 4 is 11.6 Å². The Morgan fingerprint density at radius 2 is 1.71 bits per heavy atom. The summed E-state index contributed by atoms with van der Waals surface area (Å²) in [5, 5.41) is 0. The zero-order chi connectivity index (χ0) is 30.1. The molecular weight excluding hydrogens is 520 g/mol. The second kappa shape index (κ2) is 15.6. The van der Waals surface area contributed by atoms with Crippen molar-refractivity contribution in [1.82, 2.24) is 14.7 Å². The number of nitrogens with zero attached hydrogens (tertiary/aromatic N) is 4. The van der Waals surface area contributed by atoms with Gasteiger partial charge < -0.3 is 14.5 Å². The Bertz CT molecular complexity index is 1130. The molecule has 0 aromatic heterocycles. The quantitative estimate of drug-likeness (QED) is 0.272. The van der Waals surface area contributed by atoms with Gasteiger partial charge in [0.1, 0.15) is 18.4 Å². The number of benzene rings is 2. The highest BCUT2D eigenvalue weighted by atomic mass is 16.5. The monoisotopic (exact) mass is 574 g/mol. The Hall–Kier alpha value is -2.83. The van der Waals surface area contributed by atoms with Crippen LogP contribution < -0.4 is 9.64 Å². The molecule has 0 spiro atoms. The molecule has 0 bridgehead atoms. The molecule has 2 atom stereocenters. The lowest BCUT2D eigenvalue weighted by atomic mass is 10.00. The van der Waals surface area contributed by atoms with Crippen molar-refractivity contribution < 1.29 is 9.53 Å². The molecule has 2 fully saturated rings. The zero-order valence-electron chi connectivity index (χ0n) is 27.0. The number of carbonyl (C=O) groups is 1. The molecule has 1 amide bonds. The average molecular weight is 575 g/mol. The van der Waals surface area contributed by atoms with E-state index in [2.05, 4.69) is 104 Å². The smallest absolute Gasteiger partial charge is 0.241 e. The van der Waals surface area contributed by atoms with Crippen LogP contribution in [0, 0.1) is 5.92 Å². The van der Waals surface area contributed by atoms with E-state index in [1.165, 1.54) is 11.3 Å². The van der Waals surface area contributed by atoms with Gasteiger partial charge in [-0.3, -0.25) is 14.6 Å². The lowest BCUT2D eigenvalue weighted by Gasteiger charge is -2.46. The van der Waals surface area contributed by atoms with Crippen LogP contribution in [0.5, 0.6) is 5.75 Å². The van der Waals surface area contributed by atoms with Crippen molar-refractivity contribution in [2.24, 2.45) is 5.92 Å². The standard InChI is InChI=1S/C36H54N4O2/c1-28(2)18-21-37-23-24-38(30(5)6)26-35(37)36(41)39-20-10-13-33(25-39)40(22-19-29(3)4)32-14-16-34(17-15-32)42-27-31-11-8-7-9-12-31/h7-9,11-12,14-17,19,28,30,33,35H,10,13,18,20-27H2,1-6H3. The molecule has 230 valence electrons. The number of rotatable bonds is 12. The highest BCUT2D eigenvalue weighted by Crippen LogP contribution is 2.27. The lowest BCUT2D eigenvalue weighted by Crippen LogP contribution is -2.62. The number of piperazine rings is 1. The summed E-state index contributed by atoms with van der Waals surface area (Å²) in [5.41, 5.74) is 3.65. The molecule has 2 aliphatic rings. The van der Waals surface area contributed by atoms with E-state index in [0.717, 1.165) is 76.4 Å². The number of anilines is 1. The van der Waals surface area contributed by atoms with Crippen LogP contribution in [-0.2, 0) is 11.4 Å². The van der Waals surface area contributed by atoms with E-state index in [0.29, 0.717) is 24.5 Å². The molecule has 0 saturated carbocycles. The number of amides is 1. The fourth-order valence-corrected chi connectivity index (χ4v) is 6.08. The van der Waals surface area contributed by atoms with Crippen molar-refractivity contribution in [3.8, 4) is 5.75 Å². The highest BCUT2D eigenvalue weighted by molar-refractivity contribution is 5.82. The molecule has 2 aliphatic heterocycles. The fraction of sp³-hybridized carbons (Fsp3) is 0.583. The van der Waals surface area contributed by atoms with E-state index in [4.69, 9.17) is 4.74 Å². The van der Waals surface area contributed by atoms with Crippen molar-refractivity contribution in [1.29, 1.82) is 0 Å². The van der Waals surface area contributed by atoms with Gasteiger partial charge in [0.05, 0.1) is 0 Å². The number of ether oxygens (including phenoxy) is 1. The fourth-order valence-electron chi connectivity index (χ4n) is 6.08. The van der Waals surface area contributed by atoms with E-state index in [9.17, 15) is 4.79 Å². The van der Waals surface area contributed by atoms with E-state index in [-0.39, 0.29) is 12.1 Å². The molecule has 0 N–H and O–H groups in total. The first kappa shape index (κ1) is 32.1. The molecule has 0 radical (unpaired) electrons. The summed E-state index contributed by atoms with van der Waals surface area (Å²) in [6, 6.07) is 19.5. The van der Waals surface area contributed by atoms with Gasteiger partial charge in [0, 0.05) is 57.0 Å². The predicted molar refractivity (Wildman–Crippen MR) is 175 cm³/mol. The third-order valence-corrected chi connectivity index (χ3v) is 8.79. The van der Waals surface area contributed by atoms with Crippen molar-refractivity contribution in [2.75, 3.05) is 50.7 Å². The number of hydrogen-bond acceptors (Lipinski definition) is 5. The number of hydrogen-bond donors (Lipinski definition) is 0. The third-order valence-electron chi connectivity index (χ3n) is 8.79. The maximum atomic E-state index is 14.2. The van der Waals surface area contributed by atoms with Crippen molar-refractivity contribution in [3.05, 3.63) is 71.8 Å². The summed E-state index contributed by atoms with van der Waals surface area (Å²) < 4.78 is 6.06. The van der Waals surface area contributed by atoms with Gasteiger partial charge in [0.2, 0.25) is 5.91 Å². The second-order valence-corrected chi connectivity index (χ2v) is 13.1. The molecule has 4 rings (SSSR count). The molecule has 2 aromatic rings. The van der Waals surface area contributed by atoms with Gasteiger partial charge in [-0.15, -0.1) is 0 Å². The van der Waals surface area contributed by atoms with Gasteiger partial charge in [0.15, 0.2) is 0 Å². The number of allylic oxidation sites excluding steroid dienone is 1. The third kappa shape index (κ3) is 9.08. The van der Waals surface area contributed by atoms with Gasteiger partial charge in [-0.25, -0.2) is 0 Å². The topological polar surface area (TPSA) is 39.3 Å². The summed E-state index contributed by atoms with van der Waals surface area (Å²) in [6.45, 7) is 20.3. The minimum absolute atomic E-state index is 0.0501. The molecule has 2 aromatic carbocycles. The molecule has 6 heteroatoms. The van der Waals surface area contributed by atoms with Crippen molar-refractivity contribution in [3.63, 3.8) is 0 Å². The van der Waals surface area contributed by atoms with E-state index in [1.807, 2.05) is 18.2 Å². The van der Waals surface area contributed by atoms with Gasteiger partial charge in [-0.05, 0) is 89.2 Å².